The molecule has 2 aromatic carbocycles. The monoisotopic (exact) mass is 293 g/mol. The number of hydrogen-bond acceptors (Lipinski definition) is 3. The van der Waals surface area contributed by atoms with E-state index in [0.29, 0.717) is 5.69 Å². The third-order valence-corrected chi connectivity index (χ3v) is 2.83. The molecule has 0 unspecified atom stereocenters. The average molecular weight is 293 g/mol. The van der Waals surface area contributed by atoms with Gasteiger partial charge in [-0.25, -0.2) is 0 Å². The summed E-state index contributed by atoms with van der Waals surface area (Å²) in [6.45, 7) is 0. The van der Waals surface area contributed by atoms with Gasteiger partial charge < -0.3 is 5.73 Å². The summed E-state index contributed by atoms with van der Waals surface area (Å²) in [6, 6.07) is 9.32. The smallest absolute Gasteiger partial charge is 0.399 e. The minimum absolute atomic E-state index is 0.0971. The Morgan fingerprint density at radius 1 is 0.857 bits per heavy atom. The molecular formula is C15H10F3NO2. The lowest BCUT2D eigenvalue weighted by molar-refractivity contribution is -0.137. The van der Waals surface area contributed by atoms with Crippen LogP contribution in [0, 0.1) is 0 Å². The molecule has 0 amide bonds. The van der Waals surface area contributed by atoms with E-state index in [1.54, 1.807) is 6.07 Å². The second-order valence-electron chi connectivity index (χ2n) is 4.36. The van der Waals surface area contributed by atoms with Gasteiger partial charge in [-0.05, 0) is 24.3 Å². The number of ketones is 2. The van der Waals surface area contributed by atoms with Crippen molar-refractivity contribution in [3.05, 3.63) is 65.2 Å². The maximum absolute atomic E-state index is 12.4. The maximum Gasteiger partial charge on any atom is 0.416 e. The number of anilines is 1. The van der Waals surface area contributed by atoms with Crippen molar-refractivity contribution >= 4 is 17.3 Å². The van der Waals surface area contributed by atoms with Crippen molar-refractivity contribution in [3.8, 4) is 0 Å². The van der Waals surface area contributed by atoms with Crippen LogP contribution in [-0.2, 0) is 6.18 Å². The largest absolute Gasteiger partial charge is 0.416 e. The van der Waals surface area contributed by atoms with Crippen molar-refractivity contribution in [1.82, 2.24) is 0 Å². The van der Waals surface area contributed by atoms with E-state index in [1.165, 1.54) is 18.2 Å². The SMILES string of the molecule is Nc1cccc(C(=O)C(=O)c2ccc(C(F)(F)F)cc2)c1. The van der Waals surface area contributed by atoms with Crippen LogP contribution in [0.4, 0.5) is 18.9 Å². The fraction of sp³-hybridized carbons (Fsp3) is 0.0667. The van der Waals surface area contributed by atoms with E-state index in [4.69, 9.17) is 5.73 Å². The Hall–Kier alpha value is -2.63. The summed E-state index contributed by atoms with van der Waals surface area (Å²) in [5.41, 5.74) is 4.95. The minimum atomic E-state index is -4.49. The molecule has 21 heavy (non-hydrogen) atoms. The van der Waals surface area contributed by atoms with E-state index >= 15 is 0 Å². The van der Waals surface area contributed by atoms with Crippen LogP contribution in [0.2, 0.25) is 0 Å². The number of hydrogen-bond donors (Lipinski definition) is 1. The van der Waals surface area contributed by atoms with Gasteiger partial charge in [0.1, 0.15) is 0 Å². The Balaban J connectivity index is 2.26. The Morgan fingerprint density at radius 3 is 1.95 bits per heavy atom. The van der Waals surface area contributed by atoms with E-state index in [0.717, 1.165) is 24.3 Å². The summed E-state index contributed by atoms with van der Waals surface area (Å²) in [5.74, 6) is -1.70. The molecule has 2 rings (SSSR count). The van der Waals surface area contributed by atoms with Crippen molar-refractivity contribution in [1.29, 1.82) is 0 Å². The molecular weight excluding hydrogens is 283 g/mol. The molecule has 0 saturated heterocycles. The lowest BCUT2D eigenvalue weighted by Gasteiger charge is -2.07. The quantitative estimate of drug-likeness (QED) is 0.536. The number of benzene rings is 2. The molecule has 0 bridgehead atoms. The molecule has 0 saturated carbocycles. The van der Waals surface area contributed by atoms with Gasteiger partial charge in [-0.3, -0.25) is 9.59 Å². The molecule has 0 aliphatic carbocycles. The van der Waals surface area contributed by atoms with Crippen LogP contribution in [0.25, 0.3) is 0 Å². The molecule has 0 aliphatic rings. The van der Waals surface area contributed by atoms with E-state index in [2.05, 4.69) is 0 Å². The van der Waals surface area contributed by atoms with Crippen LogP contribution >= 0.6 is 0 Å². The zero-order chi connectivity index (χ0) is 15.6. The van der Waals surface area contributed by atoms with Gasteiger partial charge in [0.05, 0.1) is 5.56 Å². The normalized spacial score (nSPS) is 11.2. The number of rotatable bonds is 3. The fourth-order valence-electron chi connectivity index (χ4n) is 1.75. The molecule has 108 valence electrons. The summed E-state index contributed by atoms with van der Waals surface area (Å²) >= 11 is 0. The van der Waals surface area contributed by atoms with Gasteiger partial charge in [0, 0.05) is 16.8 Å². The highest BCUT2D eigenvalue weighted by molar-refractivity contribution is 6.49. The second kappa shape index (κ2) is 5.40. The second-order valence-corrected chi connectivity index (χ2v) is 4.36. The molecule has 3 nitrogen and oxygen atoms in total. The van der Waals surface area contributed by atoms with E-state index in [1.807, 2.05) is 0 Å². The molecule has 0 aliphatic heterocycles. The Labute approximate surface area is 118 Å². The topological polar surface area (TPSA) is 60.2 Å². The number of alkyl halides is 3. The van der Waals surface area contributed by atoms with Crippen LogP contribution in [0.5, 0.6) is 0 Å². The maximum atomic E-state index is 12.4. The molecule has 2 N–H and O–H groups in total. The molecule has 0 heterocycles. The van der Waals surface area contributed by atoms with Gasteiger partial charge in [0.2, 0.25) is 11.6 Å². The summed E-state index contributed by atoms with van der Waals surface area (Å²) in [4.78, 5) is 23.9. The lowest BCUT2D eigenvalue weighted by atomic mass is 10.00. The van der Waals surface area contributed by atoms with Crippen LogP contribution in [-0.4, -0.2) is 11.6 Å². The van der Waals surface area contributed by atoms with Gasteiger partial charge in [-0.1, -0.05) is 24.3 Å². The standard InChI is InChI=1S/C15H10F3NO2/c16-15(17,18)11-6-4-9(5-7-11)13(20)14(21)10-2-1-3-12(19)8-10/h1-8H,19H2. The van der Waals surface area contributed by atoms with Crippen molar-refractivity contribution < 1.29 is 22.8 Å². The number of Topliss-reactive ketones (excluding diaryl/α,β-unsaturated/α-hetero) is 2. The first-order valence-corrected chi connectivity index (χ1v) is 5.91. The molecule has 0 spiro atoms. The Morgan fingerprint density at radius 2 is 1.43 bits per heavy atom. The molecule has 0 radical (unpaired) electrons. The van der Waals surface area contributed by atoms with Crippen LogP contribution in [0.3, 0.4) is 0 Å². The molecule has 6 heteroatoms. The van der Waals surface area contributed by atoms with Crippen LogP contribution in [0.1, 0.15) is 26.3 Å². The lowest BCUT2D eigenvalue weighted by Crippen LogP contribution is -2.15. The average Bonchev–Trinajstić information content (AvgIpc) is 2.45. The summed E-state index contributed by atoms with van der Waals surface area (Å²) in [6.07, 6.45) is -4.49. The van der Waals surface area contributed by atoms with Gasteiger partial charge >= 0.3 is 6.18 Å². The van der Waals surface area contributed by atoms with Crippen LogP contribution < -0.4 is 5.73 Å². The van der Waals surface area contributed by atoms with Gasteiger partial charge in [0.25, 0.3) is 0 Å². The molecule has 0 aromatic heterocycles. The van der Waals surface area contributed by atoms with Crippen molar-refractivity contribution in [2.75, 3.05) is 5.73 Å². The zero-order valence-electron chi connectivity index (χ0n) is 10.6. The van der Waals surface area contributed by atoms with E-state index in [9.17, 15) is 22.8 Å². The highest BCUT2D eigenvalue weighted by atomic mass is 19.4. The highest BCUT2D eigenvalue weighted by Crippen LogP contribution is 2.29. The molecule has 2 aromatic rings. The third-order valence-electron chi connectivity index (χ3n) is 2.83. The summed E-state index contributed by atoms with van der Waals surface area (Å²) < 4.78 is 37.3. The van der Waals surface area contributed by atoms with Crippen LogP contribution in [0.15, 0.2) is 48.5 Å². The van der Waals surface area contributed by atoms with Crippen molar-refractivity contribution in [2.45, 2.75) is 6.18 Å². The van der Waals surface area contributed by atoms with Gasteiger partial charge in [0.15, 0.2) is 0 Å². The zero-order valence-corrected chi connectivity index (χ0v) is 10.6. The van der Waals surface area contributed by atoms with Gasteiger partial charge in [-0.15, -0.1) is 0 Å². The minimum Gasteiger partial charge on any atom is -0.399 e. The molecule has 0 fully saturated rings. The number of nitrogens with two attached hydrogens (primary N) is 1. The van der Waals surface area contributed by atoms with Gasteiger partial charge in [-0.2, -0.15) is 13.2 Å². The number of carbonyl (C=O) groups excluding carboxylic acids is 2. The number of halogens is 3. The molecule has 0 atom stereocenters. The van der Waals surface area contributed by atoms with E-state index in [-0.39, 0.29) is 11.1 Å². The van der Waals surface area contributed by atoms with Crippen molar-refractivity contribution in [3.63, 3.8) is 0 Å². The first kappa shape index (κ1) is 14.8. The number of carbonyl (C=O) groups is 2. The fourth-order valence-corrected chi connectivity index (χ4v) is 1.75. The summed E-state index contributed by atoms with van der Waals surface area (Å²) in [7, 11) is 0. The Kier molecular flexibility index (Phi) is 3.80. The highest BCUT2D eigenvalue weighted by Gasteiger charge is 2.30. The first-order chi connectivity index (χ1) is 9.79. The van der Waals surface area contributed by atoms with E-state index < -0.39 is 23.3 Å². The third kappa shape index (κ3) is 3.28. The predicted molar refractivity (Wildman–Crippen MR) is 71.0 cm³/mol. The predicted octanol–water partition coefficient (Wildman–Crippen LogP) is 3.35. The van der Waals surface area contributed by atoms with Crippen molar-refractivity contribution in [2.24, 2.45) is 0 Å². The first-order valence-electron chi connectivity index (χ1n) is 5.91. The Bertz CT molecular complexity index is 691. The summed E-state index contributed by atoms with van der Waals surface area (Å²) in [5, 5.41) is 0. The number of nitrogen functional groups attached to an aromatic ring is 1.